The highest BCUT2D eigenvalue weighted by Crippen LogP contribution is 2.44. The Bertz CT molecular complexity index is 1350. The van der Waals surface area contributed by atoms with E-state index in [1.807, 2.05) is 36.4 Å². The Morgan fingerprint density at radius 3 is 1.98 bits per heavy atom. The molecule has 1 aliphatic carbocycles. The molecule has 2 amide bonds. The van der Waals surface area contributed by atoms with Gasteiger partial charge in [0.1, 0.15) is 6.61 Å². The van der Waals surface area contributed by atoms with Gasteiger partial charge < -0.3 is 19.6 Å². The molecular formula is C32H36ClN3O5. The third-order valence-electron chi connectivity index (χ3n) is 7.69. The first-order chi connectivity index (χ1) is 19.6. The third-order valence-corrected chi connectivity index (χ3v) is 7.95. The van der Waals surface area contributed by atoms with Gasteiger partial charge >= 0.3 is 12.1 Å². The molecule has 3 aromatic carbocycles. The summed E-state index contributed by atoms with van der Waals surface area (Å²) in [7, 11) is 6.64. The minimum absolute atomic E-state index is 0.0735. The normalized spacial score (nSPS) is 13.7. The largest absolute Gasteiger partial charge is 0.481 e. The standard InChI is InChI=1S/C32H36ClN3O5/c1-34(2)29(18-30(37)38)31(39)35(3)19-23(17-21-13-15-22(33)16-14-21)36(4)32(40)41-20-28-26-11-7-5-9-24(26)25-10-6-8-12-27(25)28/h5-16,23,28-29H,17-20H2,1-4H3,(H,37,38). The minimum Gasteiger partial charge on any atom is -0.481 e. The average Bonchev–Trinajstić information content (AvgIpc) is 3.28. The molecule has 0 aromatic heterocycles. The van der Waals surface area contributed by atoms with Gasteiger partial charge in [0, 0.05) is 31.6 Å². The monoisotopic (exact) mass is 577 g/mol. The number of likely N-dealkylation sites (N-methyl/N-ethyl adjacent to an activating group) is 3. The fraction of sp³-hybridized carbons (Fsp3) is 0.344. The lowest BCUT2D eigenvalue weighted by Gasteiger charge is -2.34. The highest BCUT2D eigenvalue weighted by Gasteiger charge is 2.32. The van der Waals surface area contributed by atoms with Crippen LogP contribution in [0.1, 0.15) is 29.0 Å². The molecule has 2 unspecified atom stereocenters. The Morgan fingerprint density at radius 2 is 1.44 bits per heavy atom. The molecule has 9 heteroatoms. The Morgan fingerprint density at radius 1 is 0.878 bits per heavy atom. The number of amides is 2. The predicted octanol–water partition coefficient (Wildman–Crippen LogP) is 5.00. The van der Waals surface area contributed by atoms with E-state index in [4.69, 9.17) is 16.3 Å². The quantitative estimate of drug-likeness (QED) is 0.345. The van der Waals surface area contributed by atoms with Crippen molar-refractivity contribution in [3.8, 4) is 11.1 Å². The summed E-state index contributed by atoms with van der Waals surface area (Å²) in [5.41, 5.74) is 5.49. The van der Waals surface area contributed by atoms with E-state index in [2.05, 4.69) is 24.3 Å². The summed E-state index contributed by atoms with van der Waals surface area (Å²) in [5, 5.41) is 9.92. The maximum atomic E-state index is 13.4. The van der Waals surface area contributed by atoms with Crippen LogP contribution < -0.4 is 0 Å². The first kappa shape index (κ1) is 30.1. The van der Waals surface area contributed by atoms with Gasteiger partial charge in [-0.3, -0.25) is 14.5 Å². The van der Waals surface area contributed by atoms with Gasteiger partial charge in [-0.25, -0.2) is 4.79 Å². The van der Waals surface area contributed by atoms with E-state index in [1.165, 1.54) is 9.80 Å². The van der Waals surface area contributed by atoms with Crippen LogP contribution in [0.5, 0.6) is 0 Å². The molecule has 3 aromatic rings. The third kappa shape index (κ3) is 7.07. The van der Waals surface area contributed by atoms with Crippen molar-refractivity contribution in [1.29, 1.82) is 0 Å². The van der Waals surface area contributed by atoms with Crippen molar-refractivity contribution < 1.29 is 24.2 Å². The number of carbonyl (C=O) groups is 3. The van der Waals surface area contributed by atoms with E-state index in [-0.39, 0.29) is 31.4 Å². The lowest BCUT2D eigenvalue weighted by molar-refractivity contribution is -0.144. The molecule has 216 valence electrons. The zero-order valence-corrected chi connectivity index (χ0v) is 24.5. The molecule has 1 aliphatic rings. The fourth-order valence-corrected chi connectivity index (χ4v) is 5.50. The van der Waals surface area contributed by atoms with E-state index in [0.29, 0.717) is 11.4 Å². The van der Waals surface area contributed by atoms with E-state index in [0.717, 1.165) is 27.8 Å². The van der Waals surface area contributed by atoms with Crippen LogP contribution in [0.3, 0.4) is 0 Å². The van der Waals surface area contributed by atoms with Gasteiger partial charge in [-0.15, -0.1) is 0 Å². The van der Waals surface area contributed by atoms with Crippen LogP contribution in [-0.2, 0) is 20.7 Å². The van der Waals surface area contributed by atoms with Crippen molar-refractivity contribution in [2.75, 3.05) is 41.3 Å². The summed E-state index contributed by atoms with van der Waals surface area (Å²) in [5.74, 6) is -1.46. The molecule has 0 spiro atoms. The molecular weight excluding hydrogens is 542 g/mol. The highest BCUT2D eigenvalue weighted by molar-refractivity contribution is 6.30. The number of hydrogen-bond acceptors (Lipinski definition) is 5. The van der Waals surface area contributed by atoms with E-state index < -0.39 is 24.1 Å². The van der Waals surface area contributed by atoms with Crippen LogP contribution in [0.4, 0.5) is 4.79 Å². The Kier molecular flexibility index (Phi) is 9.68. The van der Waals surface area contributed by atoms with Crippen molar-refractivity contribution in [2.24, 2.45) is 0 Å². The van der Waals surface area contributed by atoms with Gasteiger partial charge in [0.2, 0.25) is 5.91 Å². The molecule has 0 bridgehead atoms. The second-order valence-electron chi connectivity index (χ2n) is 10.7. The first-order valence-electron chi connectivity index (χ1n) is 13.5. The second-order valence-corrected chi connectivity index (χ2v) is 11.1. The maximum Gasteiger partial charge on any atom is 0.409 e. The van der Waals surface area contributed by atoms with Gasteiger partial charge in [0.15, 0.2) is 0 Å². The molecule has 2 atom stereocenters. The van der Waals surface area contributed by atoms with Gasteiger partial charge in [-0.05, 0) is 60.5 Å². The number of halogens is 1. The van der Waals surface area contributed by atoms with Crippen LogP contribution >= 0.6 is 11.6 Å². The Balaban J connectivity index is 1.51. The van der Waals surface area contributed by atoms with Crippen molar-refractivity contribution in [3.05, 3.63) is 94.5 Å². The number of rotatable bonds is 11. The highest BCUT2D eigenvalue weighted by atomic mass is 35.5. The SMILES string of the molecule is CN(CC(Cc1ccc(Cl)cc1)N(C)C(=O)OCC1c2ccccc2-c2ccccc21)C(=O)C(CC(=O)O)N(C)C. The van der Waals surface area contributed by atoms with Gasteiger partial charge in [-0.2, -0.15) is 0 Å². The summed E-state index contributed by atoms with van der Waals surface area (Å²) in [4.78, 5) is 42.7. The molecule has 1 N–H and O–H groups in total. The summed E-state index contributed by atoms with van der Waals surface area (Å²) < 4.78 is 5.90. The van der Waals surface area contributed by atoms with Crippen molar-refractivity contribution in [3.63, 3.8) is 0 Å². The van der Waals surface area contributed by atoms with E-state index in [1.54, 1.807) is 45.2 Å². The maximum absolute atomic E-state index is 13.4. The average molecular weight is 578 g/mol. The van der Waals surface area contributed by atoms with Crippen LogP contribution in [0.15, 0.2) is 72.8 Å². The molecule has 0 radical (unpaired) electrons. The summed E-state index contributed by atoms with van der Waals surface area (Å²) in [6.07, 6.45) is -0.372. The number of nitrogens with zero attached hydrogens (tertiary/aromatic N) is 3. The van der Waals surface area contributed by atoms with E-state index in [9.17, 15) is 19.5 Å². The lowest BCUT2D eigenvalue weighted by atomic mass is 9.98. The van der Waals surface area contributed by atoms with Crippen molar-refractivity contribution >= 4 is 29.6 Å². The van der Waals surface area contributed by atoms with Crippen molar-refractivity contribution in [2.45, 2.75) is 30.8 Å². The number of carboxylic acid groups (broad SMARTS) is 1. The molecule has 8 nitrogen and oxygen atoms in total. The predicted molar refractivity (Wildman–Crippen MR) is 159 cm³/mol. The molecule has 0 fully saturated rings. The van der Waals surface area contributed by atoms with Crippen molar-refractivity contribution in [1.82, 2.24) is 14.7 Å². The number of hydrogen-bond donors (Lipinski definition) is 1. The molecule has 0 heterocycles. The van der Waals surface area contributed by atoms with Crippen LogP contribution in [-0.4, -0.2) is 91.2 Å². The molecule has 4 rings (SSSR count). The zero-order chi connectivity index (χ0) is 29.7. The molecule has 0 saturated carbocycles. The number of carbonyl (C=O) groups excluding carboxylic acids is 2. The first-order valence-corrected chi connectivity index (χ1v) is 13.9. The Hall–Kier alpha value is -3.88. The number of carboxylic acids is 1. The van der Waals surface area contributed by atoms with Gasteiger partial charge in [-0.1, -0.05) is 72.3 Å². The summed E-state index contributed by atoms with van der Waals surface area (Å²) in [6, 6.07) is 22.4. The molecule has 0 saturated heterocycles. The minimum atomic E-state index is -1.06. The lowest BCUT2D eigenvalue weighted by Crippen LogP contribution is -2.51. The topological polar surface area (TPSA) is 90.4 Å². The van der Waals surface area contributed by atoms with E-state index >= 15 is 0 Å². The number of ether oxygens (including phenoxy) is 1. The molecule has 0 aliphatic heterocycles. The smallest absolute Gasteiger partial charge is 0.409 e. The second kappa shape index (κ2) is 13.2. The van der Waals surface area contributed by atoms with Crippen LogP contribution in [0, 0.1) is 0 Å². The van der Waals surface area contributed by atoms with Gasteiger partial charge in [0.25, 0.3) is 0 Å². The number of benzene rings is 3. The molecule has 41 heavy (non-hydrogen) atoms. The Labute approximate surface area is 246 Å². The number of fused-ring (bicyclic) bond motifs is 3. The van der Waals surface area contributed by atoms with Gasteiger partial charge in [0.05, 0.1) is 18.5 Å². The summed E-state index contributed by atoms with van der Waals surface area (Å²) >= 11 is 6.08. The van der Waals surface area contributed by atoms with Crippen LogP contribution in [0.25, 0.3) is 11.1 Å². The summed E-state index contributed by atoms with van der Waals surface area (Å²) in [6.45, 7) is 0.368. The fourth-order valence-electron chi connectivity index (χ4n) is 5.38. The zero-order valence-electron chi connectivity index (χ0n) is 23.8. The van der Waals surface area contributed by atoms with Crippen LogP contribution in [0.2, 0.25) is 5.02 Å². The number of aliphatic carboxylic acids is 1.